The maximum absolute atomic E-state index is 12.5. The Labute approximate surface area is 152 Å². The van der Waals surface area contributed by atoms with E-state index < -0.39 is 0 Å². The van der Waals surface area contributed by atoms with Crippen molar-refractivity contribution in [2.24, 2.45) is 7.05 Å². The van der Waals surface area contributed by atoms with Gasteiger partial charge in [-0.05, 0) is 38.6 Å². The summed E-state index contributed by atoms with van der Waals surface area (Å²) in [5.74, 6) is 1.43. The number of aromatic nitrogens is 3. The number of carbonyl (C=O) groups excluding carboxylic acids is 1. The minimum absolute atomic E-state index is 0.173. The number of benzene rings is 1. The van der Waals surface area contributed by atoms with Crippen molar-refractivity contribution in [3.05, 3.63) is 65.1 Å². The Morgan fingerprint density at radius 3 is 2.77 bits per heavy atom. The van der Waals surface area contributed by atoms with Crippen molar-refractivity contribution in [1.82, 2.24) is 19.6 Å². The van der Waals surface area contributed by atoms with Crippen LogP contribution in [0.4, 0.5) is 5.69 Å². The maximum Gasteiger partial charge on any atom is 0.255 e. The number of amides is 1. The number of nitrogens with one attached hydrogen (secondary N) is 1. The molecule has 0 atom stereocenters. The first kappa shape index (κ1) is 17.9. The van der Waals surface area contributed by atoms with E-state index in [0.717, 1.165) is 24.5 Å². The van der Waals surface area contributed by atoms with E-state index in [2.05, 4.69) is 20.4 Å². The molecule has 0 unspecified atom stereocenters. The van der Waals surface area contributed by atoms with Crippen LogP contribution in [-0.4, -0.2) is 32.6 Å². The number of hydrogen-bond donors (Lipinski definition) is 1. The lowest BCUT2D eigenvalue weighted by Crippen LogP contribution is -2.20. The average molecular weight is 353 g/mol. The third-order valence-corrected chi connectivity index (χ3v) is 4.25. The molecule has 7 nitrogen and oxygen atoms in total. The first-order valence-electron chi connectivity index (χ1n) is 8.42. The van der Waals surface area contributed by atoms with Gasteiger partial charge in [-0.3, -0.25) is 9.69 Å². The second-order valence-electron chi connectivity index (χ2n) is 6.48. The lowest BCUT2D eigenvalue weighted by molar-refractivity contribution is 0.102. The molecule has 0 saturated carbocycles. The van der Waals surface area contributed by atoms with Crippen molar-refractivity contribution >= 4 is 11.6 Å². The van der Waals surface area contributed by atoms with Crippen molar-refractivity contribution in [3.8, 4) is 0 Å². The van der Waals surface area contributed by atoms with Gasteiger partial charge < -0.3 is 14.4 Å². The summed E-state index contributed by atoms with van der Waals surface area (Å²) >= 11 is 0. The number of hydrogen-bond acceptors (Lipinski definition) is 5. The summed E-state index contributed by atoms with van der Waals surface area (Å²) in [4.78, 5) is 19.1. The van der Waals surface area contributed by atoms with Gasteiger partial charge in [0, 0.05) is 31.5 Å². The van der Waals surface area contributed by atoms with Gasteiger partial charge >= 0.3 is 0 Å². The smallest absolute Gasteiger partial charge is 0.255 e. The summed E-state index contributed by atoms with van der Waals surface area (Å²) in [7, 11) is 4.02. The standard InChI is InChI=1S/C19H23N5O2/c1-13-18(14(2)26-22-13)21-19(25)16-7-5-6-15(10-16)11-23(3)12-17-20-8-9-24(17)4/h5-10H,11-12H2,1-4H3,(H,21,25). The van der Waals surface area contributed by atoms with E-state index in [0.29, 0.717) is 22.7 Å². The van der Waals surface area contributed by atoms with Crippen LogP contribution in [0.3, 0.4) is 0 Å². The van der Waals surface area contributed by atoms with Crippen molar-refractivity contribution in [2.45, 2.75) is 26.9 Å². The van der Waals surface area contributed by atoms with Gasteiger partial charge in [0.15, 0.2) is 5.76 Å². The SMILES string of the molecule is Cc1noc(C)c1NC(=O)c1cccc(CN(C)Cc2nccn2C)c1. The molecule has 0 bridgehead atoms. The van der Waals surface area contributed by atoms with Gasteiger partial charge in [-0.1, -0.05) is 17.3 Å². The molecule has 0 saturated heterocycles. The predicted molar refractivity (Wildman–Crippen MR) is 98.8 cm³/mol. The molecule has 0 aliphatic carbocycles. The van der Waals surface area contributed by atoms with Gasteiger partial charge in [0.2, 0.25) is 0 Å². The molecule has 136 valence electrons. The average Bonchev–Trinajstić information content (AvgIpc) is 3.15. The topological polar surface area (TPSA) is 76.2 Å². The van der Waals surface area contributed by atoms with E-state index in [1.807, 2.05) is 43.1 Å². The number of imidazole rings is 1. The van der Waals surface area contributed by atoms with Crippen LogP contribution in [0.15, 0.2) is 41.2 Å². The normalized spacial score (nSPS) is 11.1. The third-order valence-electron chi connectivity index (χ3n) is 4.25. The molecule has 0 spiro atoms. The van der Waals surface area contributed by atoms with E-state index in [1.54, 1.807) is 26.1 Å². The van der Waals surface area contributed by atoms with Crippen molar-refractivity contribution < 1.29 is 9.32 Å². The summed E-state index contributed by atoms with van der Waals surface area (Å²) in [6, 6.07) is 7.62. The molecular weight excluding hydrogens is 330 g/mol. The minimum atomic E-state index is -0.173. The molecule has 0 aliphatic rings. The van der Waals surface area contributed by atoms with Crippen molar-refractivity contribution in [3.63, 3.8) is 0 Å². The van der Waals surface area contributed by atoms with Crippen LogP contribution in [0.2, 0.25) is 0 Å². The Balaban J connectivity index is 1.67. The second kappa shape index (κ2) is 7.53. The van der Waals surface area contributed by atoms with Gasteiger partial charge in [0.1, 0.15) is 17.2 Å². The zero-order chi connectivity index (χ0) is 18.7. The molecule has 2 heterocycles. The number of rotatable bonds is 6. The summed E-state index contributed by atoms with van der Waals surface area (Å²) in [5, 5.41) is 6.74. The zero-order valence-corrected chi connectivity index (χ0v) is 15.5. The van der Waals surface area contributed by atoms with Crippen LogP contribution in [0.25, 0.3) is 0 Å². The van der Waals surface area contributed by atoms with Gasteiger partial charge in [0.25, 0.3) is 5.91 Å². The fraction of sp³-hybridized carbons (Fsp3) is 0.316. The molecule has 1 N–H and O–H groups in total. The van der Waals surface area contributed by atoms with Crippen LogP contribution in [0.1, 0.15) is 33.2 Å². The summed E-state index contributed by atoms with van der Waals surface area (Å²) < 4.78 is 7.09. The van der Waals surface area contributed by atoms with Crippen LogP contribution in [0, 0.1) is 13.8 Å². The molecule has 0 radical (unpaired) electrons. The van der Waals surface area contributed by atoms with E-state index >= 15 is 0 Å². The minimum Gasteiger partial charge on any atom is -0.359 e. The Bertz CT molecular complexity index is 893. The number of nitrogens with zero attached hydrogens (tertiary/aromatic N) is 4. The van der Waals surface area contributed by atoms with E-state index in [4.69, 9.17) is 4.52 Å². The number of aryl methyl sites for hydroxylation is 3. The van der Waals surface area contributed by atoms with E-state index in [1.165, 1.54) is 0 Å². The largest absolute Gasteiger partial charge is 0.359 e. The molecule has 0 aliphatic heterocycles. The molecule has 3 rings (SSSR count). The van der Waals surface area contributed by atoms with E-state index in [9.17, 15) is 4.79 Å². The molecule has 7 heteroatoms. The van der Waals surface area contributed by atoms with Gasteiger partial charge in [-0.2, -0.15) is 0 Å². The highest BCUT2D eigenvalue weighted by molar-refractivity contribution is 6.04. The fourth-order valence-corrected chi connectivity index (χ4v) is 2.82. The third kappa shape index (κ3) is 4.00. The highest BCUT2D eigenvalue weighted by Gasteiger charge is 2.14. The molecule has 1 aromatic carbocycles. The Morgan fingerprint density at radius 2 is 2.12 bits per heavy atom. The summed E-state index contributed by atoms with van der Waals surface area (Å²) in [5.41, 5.74) is 2.97. The molecule has 0 fully saturated rings. The van der Waals surface area contributed by atoms with Gasteiger partial charge in [-0.25, -0.2) is 4.98 Å². The Hall–Kier alpha value is -2.93. The van der Waals surface area contributed by atoms with Crippen LogP contribution >= 0.6 is 0 Å². The zero-order valence-electron chi connectivity index (χ0n) is 15.5. The van der Waals surface area contributed by atoms with Gasteiger partial charge in [-0.15, -0.1) is 0 Å². The number of carbonyl (C=O) groups is 1. The highest BCUT2D eigenvalue weighted by Crippen LogP contribution is 2.20. The van der Waals surface area contributed by atoms with Crippen LogP contribution < -0.4 is 5.32 Å². The highest BCUT2D eigenvalue weighted by atomic mass is 16.5. The lowest BCUT2D eigenvalue weighted by atomic mass is 10.1. The Kier molecular flexibility index (Phi) is 5.18. The molecule has 2 aromatic heterocycles. The molecule has 3 aromatic rings. The van der Waals surface area contributed by atoms with Gasteiger partial charge in [0.05, 0.1) is 6.54 Å². The lowest BCUT2D eigenvalue weighted by Gasteiger charge is -2.17. The second-order valence-corrected chi connectivity index (χ2v) is 6.48. The monoisotopic (exact) mass is 353 g/mol. The maximum atomic E-state index is 12.5. The quantitative estimate of drug-likeness (QED) is 0.737. The Morgan fingerprint density at radius 1 is 1.31 bits per heavy atom. The van der Waals surface area contributed by atoms with Crippen molar-refractivity contribution in [2.75, 3.05) is 12.4 Å². The van der Waals surface area contributed by atoms with E-state index in [-0.39, 0.29) is 5.91 Å². The number of anilines is 1. The molecular formula is C19H23N5O2. The predicted octanol–water partition coefficient (Wildman–Crippen LogP) is 2.91. The first-order valence-corrected chi connectivity index (χ1v) is 8.42. The van der Waals surface area contributed by atoms with Crippen LogP contribution in [0.5, 0.6) is 0 Å². The van der Waals surface area contributed by atoms with Crippen LogP contribution in [-0.2, 0) is 20.1 Å². The summed E-state index contributed by atoms with van der Waals surface area (Å²) in [6.07, 6.45) is 3.73. The molecule has 26 heavy (non-hydrogen) atoms. The van der Waals surface area contributed by atoms with Crippen molar-refractivity contribution in [1.29, 1.82) is 0 Å². The molecule has 1 amide bonds. The first-order chi connectivity index (χ1) is 12.4. The summed E-state index contributed by atoms with van der Waals surface area (Å²) in [6.45, 7) is 5.03. The fourth-order valence-electron chi connectivity index (χ4n) is 2.82.